The summed E-state index contributed by atoms with van der Waals surface area (Å²) in [7, 11) is 1.62. The lowest BCUT2D eigenvalue weighted by Crippen LogP contribution is -2.23. The lowest BCUT2D eigenvalue weighted by atomic mass is 10.2. The van der Waals surface area contributed by atoms with E-state index in [9.17, 15) is 0 Å². The van der Waals surface area contributed by atoms with Crippen LogP contribution in [0.2, 0.25) is 5.02 Å². The van der Waals surface area contributed by atoms with E-state index in [0.29, 0.717) is 10.1 Å². The van der Waals surface area contributed by atoms with Gasteiger partial charge in [0.2, 0.25) is 0 Å². The smallest absolute Gasteiger partial charge is 0.191 e. The molecule has 2 aromatic carbocycles. The molecular formula is C15H14ClN3OS. The monoisotopic (exact) mass is 319 g/mol. The number of ether oxygens (including phenoxy) is 1. The summed E-state index contributed by atoms with van der Waals surface area (Å²) < 4.78 is 5.14. The van der Waals surface area contributed by atoms with Crippen molar-refractivity contribution in [3.05, 3.63) is 59.1 Å². The molecule has 0 atom stereocenters. The summed E-state index contributed by atoms with van der Waals surface area (Å²) >= 11 is 11.0. The van der Waals surface area contributed by atoms with E-state index in [2.05, 4.69) is 15.8 Å². The maximum absolute atomic E-state index is 5.90. The summed E-state index contributed by atoms with van der Waals surface area (Å²) in [5.41, 5.74) is 4.45. The van der Waals surface area contributed by atoms with Crippen LogP contribution in [0.5, 0.6) is 5.75 Å². The molecule has 0 aromatic heterocycles. The quantitative estimate of drug-likeness (QED) is 0.513. The molecule has 0 aliphatic rings. The molecule has 0 unspecified atom stereocenters. The molecule has 21 heavy (non-hydrogen) atoms. The fourth-order valence-corrected chi connectivity index (χ4v) is 1.97. The van der Waals surface area contributed by atoms with Gasteiger partial charge in [0.1, 0.15) is 5.75 Å². The summed E-state index contributed by atoms with van der Waals surface area (Å²) in [6.07, 6.45) is 1.66. The first kappa shape index (κ1) is 15.3. The molecule has 6 heteroatoms. The molecule has 0 amide bonds. The predicted molar refractivity (Wildman–Crippen MR) is 91.4 cm³/mol. The minimum atomic E-state index is 0.386. The fourth-order valence-electron chi connectivity index (χ4n) is 1.61. The van der Waals surface area contributed by atoms with Gasteiger partial charge in [-0.1, -0.05) is 29.8 Å². The second-order valence-corrected chi connectivity index (χ2v) is 4.96. The Bertz CT molecular complexity index is 661. The van der Waals surface area contributed by atoms with Gasteiger partial charge in [-0.2, -0.15) is 5.10 Å². The molecule has 0 aliphatic carbocycles. The second-order valence-electron chi connectivity index (χ2n) is 4.11. The van der Waals surface area contributed by atoms with Crippen LogP contribution in [-0.2, 0) is 0 Å². The second kappa shape index (κ2) is 7.61. The molecule has 0 saturated carbocycles. The van der Waals surface area contributed by atoms with Crippen LogP contribution in [-0.4, -0.2) is 18.4 Å². The number of halogens is 1. The van der Waals surface area contributed by atoms with Gasteiger partial charge in [-0.25, -0.2) is 0 Å². The Morgan fingerprint density at radius 3 is 2.81 bits per heavy atom. The van der Waals surface area contributed by atoms with Gasteiger partial charge >= 0.3 is 0 Å². The molecule has 2 N–H and O–H groups in total. The van der Waals surface area contributed by atoms with Gasteiger partial charge in [-0.15, -0.1) is 0 Å². The highest BCUT2D eigenvalue weighted by atomic mass is 35.5. The Morgan fingerprint density at radius 1 is 1.24 bits per heavy atom. The third-order valence-corrected chi connectivity index (χ3v) is 2.98. The zero-order valence-corrected chi connectivity index (χ0v) is 12.9. The van der Waals surface area contributed by atoms with E-state index in [1.165, 1.54) is 0 Å². The Labute approximate surface area is 133 Å². The minimum absolute atomic E-state index is 0.386. The molecule has 0 bridgehead atoms. The minimum Gasteiger partial charge on any atom is -0.497 e. The van der Waals surface area contributed by atoms with Crippen molar-refractivity contribution in [2.24, 2.45) is 5.10 Å². The number of nitrogens with zero attached hydrogens (tertiary/aromatic N) is 1. The lowest BCUT2D eigenvalue weighted by Gasteiger charge is -2.07. The van der Waals surface area contributed by atoms with Crippen molar-refractivity contribution < 1.29 is 4.74 Å². The summed E-state index contributed by atoms with van der Waals surface area (Å²) in [4.78, 5) is 0. The molecule has 0 spiro atoms. The van der Waals surface area contributed by atoms with E-state index in [1.807, 2.05) is 36.4 Å². The molecular weight excluding hydrogens is 306 g/mol. The van der Waals surface area contributed by atoms with E-state index < -0.39 is 0 Å². The molecule has 0 saturated heterocycles. The van der Waals surface area contributed by atoms with E-state index in [0.717, 1.165) is 17.0 Å². The molecule has 2 rings (SSSR count). The van der Waals surface area contributed by atoms with E-state index in [4.69, 9.17) is 28.6 Å². The Kier molecular flexibility index (Phi) is 5.54. The first-order valence-corrected chi connectivity index (χ1v) is 6.95. The molecule has 4 nitrogen and oxygen atoms in total. The average molecular weight is 320 g/mol. The fraction of sp³-hybridized carbons (Fsp3) is 0.0667. The van der Waals surface area contributed by atoms with Crippen LogP contribution in [0.1, 0.15) is 5.56 Å². The zero-order chi connectivity index (χ0) is 15.1. The van der Waals surface area contributed by atoms with Crippen molar-refractivity contribution in [2.45, 2.75) is 0 Å². The van der Waals surface area contributed by atoms with E-state index in [1.54, 1.807) is 25.5 Å². The third kappa shape index (κ3) is 5.06. The normalized spacial score (nSPS) is 10.4. The number of hydrogen-bond donors (Lipinski definition) is 2. The van der Waals surface area contributed by atoms with Gasteiger partial charge in [-0.3, -0.25) is 5.43 Å². The van der Waals surface area contributed by atoms with Gasteiger partial charge in [0.25, 0.3) is 0 Å². The summed E-state index contributed by atoms with van der Waals surface area (Å²) in [5, 5.41) is 8.08. The van der Waals surface area contributed by atoms with Crippen molar-refractivity contribution in [1.82, 2.24) is 5.43 Å². The topological polar surface area (TPSA) is 45.6 Å². The summed E-state index contributed by atoms with van der Waals surface area (Å²) in [5.74, 6) is 0.776. The number of hydrogen-bond acceptors (Lipinski definition) is 3. The highest BCUT2D eigenvalue weighted by Gasteiger charge is 1.97. The SMILES string of the molecule is COc1cccc(C=NNC(=S)Nc2cccc(Cl)c2)c1. The lowest BCUT2D eigenvalue weighted by molar-refractivity contribution is 0.415. The highest BCUT2D eigenvalue weighted by Crippen LogP contribution is 2.14. The molecule has 0 heterocycles. The van der Waals surface area contributed by atoms with Crippen molar-refractivity contribution in [3.8, 4) is 5.75 Å². The van der Waals surface area contributed by atoms with Crippen LogP contribution < -0.4 is 15.5 Å². The predicted octanol–water partition coefficient (Wildman–Crippen LogP) is 3.67. The van der Waals surface area contributed by atoms with Crippen molar-refractivity contribution >= 4 is 40.8 Å². The standard InChI is InChI=1S/C15H14ClN3OS/c1-20-14-7-2-4-11(8-14)10-17-19-15(21)18-13-6-3-5-12(16)9-13/h2-10H,1H3,(H2,18,19,21). The van der Waals surface area contributed by atoms with E-state index in [-0.39, 0.29) is 0 Å². The summed E-state index contributed by atoms with van der Waals surface area (Å²) in [6.45, 7) is 0. The van der Waals surface area contributed by atoms with Gasteiger partial charge in [0.15, 0.2) is 5.11 Å². The van der Waals surface area contributed by atoms with Crippen LogP contribution in [0.3, 0.4) is 0 Å². The number of hydrazone groups is 1. The molecule has 108 valence electrons. The first-order valence-electron chi connectivity index (χ1n) is 6.17. The maximum Gasteiger partial charge on any atom is 0.191 e. The van der Waals surface area contributed by atoms with Gasteiger partial charge < -0.3 is 10.1 Å². The number of methoxy groups -OCH3 is 1. The van der Waals surface area contributed by atoms with Crippen LogP contribution >= 0.6 is 23.8 Å². The third-order valence-electron chi connectivity index (χ3n) is 2.56. The van der Waals surface area contributed by atoms with Crippen LogP contribution in [0, 0.1) is 0 Å². The number of anilines is 1. The van der Waals surface area contributed by atoms with E-state index >= 15 is 0 Å². The molecule has 0 aliphatic heterocycles. The number of nitrogens with one attached hydrogen (secondary N) is 2. The molecule has 0 radical (unpaired) electrons. The zero-order valence-electron chi connectivity index (χ0n) is 11.3. The highest BCUT2D eigenvalue weighted by molar-refractivity contribution is 7.80. The van der Waals surface area contributed by atoms with Crippen molar-refractivity contribution in [3.63, 3.8) is 0 Å². The largest absolute Gasteiger partial charge is 0.497 e. The Morgan fingerprint density at radius 2 is 2.05 bits per heavy atom. The number of rotatable bonds is 4. The van der Waals surface area contributed by atoms with Gasteiger partial charge in [-0.05, 0) is 48.1 Å². The van der Waals surface area contributed by atoms with Crippen molar-refractivity contribution in [1.29, 1.82) is 0 Å². The van der Waals surface area contributed by atoms with Gasteiger partial charge in [0, 0.05) is 10.7 Å². The maximum atomic E-state index is 5.90. The summed E-state index contributed by atoms with van der Waals surface area (Å²) in [6, 6.07) is 14.8. The molecule has 2 aromatic rings. The van der Waals surface area contributed by atoms with Gasteiger partial charge in [0.05, 0.1) is 13.3 Å². The number of thiocarbonyl (C=S) groups is 1. The number of benzene rings is 2. The Balaban J connectivity index is 1.90. The van der Waals surface area contributed by atoms with Crippen molar-refractivity contribution in [2.75, 3.05) is 12.4 Å². The van der Waals surface area contributed by atoms with Crippen LogP contribution in [0.4, 0.5) is 5.69 Å². The van der Waals surface area contributed by atoms with Crippen LogP contribution in [0.25, 0.3) is 0 Å². The van der Waals surface area contributed by atoms with Crippen LogP contribution in [0.15, 0.2) is 53.6 Å². The Hall–Kier alpha value is -2.11. The first-order chi connectivity index (χ1) is 10.2. The molecule has 0 fully saturated rings. The average Bonchev–Trinajstić information content (AvgIpc) is 2.47.